The lowest BCUT2D eigenvalue weighted by molar-refractivity contribution is 0.00578. The summed E-state index contributed by atoms with van der Waals surface area (Å²) in [4.78, 5) is 0. The Hall–Kier alpha value is -0.865. The van der Waals surface area contributed by atoms with E-state index in [1.54, 1.807) is 0 Å². The van der Waals surface area contributed by atoms with Crippen molar-refractivity contribution in [1.29, 1.82) is 5.41 Å². The topological polar surface area (TPSA) is 108 Å². The fourth-order valence-corrected chi connectivity index (χ4v) is 2.47. The van der Waals surface area contributed by atoms with Crippen LogP contribution in [0.1, 0.15) is 33.3 Å². The summed E-state index contributed by atoms with van der Waals surface area (Å²) in [6, 6.07) is 8.06. The van der Waals surface area contributed by atoms with Gasteiger partial charge in [0.15, 0.2) is 5.17 Å². The summed E-state index contributed by atoms with van der Waals surface area (Å²) >= 11 is -0.546. The number of amidine groups is 1. The highest BCUT2D eigenvalue weighted by Gasteiger charge is 2.51. The van der Waals surface area contributed by atoms with E-state index in [1.165, 1.54) is 11.8 Å². The van der Waals surface area contributed by atoms with Crippen LogP contribution in [0.5, 0.6) is 0 Å². The Kier molecular flexibility index (Phi) is 7.49. The number of nitrogens with two attached hydrogens (primary N) is 1. The van der Waals surface area contributed by atoms with E-state index in [9.17, 15) is 0 Å². The van der Waals surface area contributed by atoms with Crippen molar-refractivity contribution < 1.29 is 18.1 Å². The smallest absolute Gasteiger partial charge is 0.494 e. The van der Waals surface area contributed by atoms with E-state index in [4.69, 9.17) is 29.2 Å². The summed E-state index contributed by atoms with van der Waals surface area (Å²) < 4.78 is 30.1. The second-order valence-electron chi connectivity index (χ2n) is 6.39. The Morgan fingerprint density at radius 2 is 1.83 bits per heavy atom. The standard InChI is InChI=1S/C14H21BN2O2S.CH4O2S/c1-13(2)14(3,4)19-15(18-13)11-7-5-6-10(8-11)9-20-12(16)17;1-4(2)3/h5-8H,9H2,1-4H3,(H3,16,17);1H3,(H,2,3)/p-1. The molecule has 9 heteroatoms. The quantitative estimate of drug-likeness (QED) is 0.362. The molecule has 0 amide bonds. The fourth-order valence-electron chi connectivity index (χ4n) is 1.97. The molecule has 1 aromatic carbocycles. The Labute approximate surface area is 150 Å². The van der Waals surface area contributed by atoms with Gasteiger partial charge in [-0.1, -0.05) is 47.1 Å². The first-order valence-corrected chi connectivity index (χ1v) is 9.84. The first-order valence-electron chi connectivity index (χ1n) is 7.37. The summed E-state index contributed by atoms with van der Waals surface area (Å²) in [7, 11) is -0.345. The van der Waals surface area contributed by atoms with Gasteiger partial charge in [-0.15, -0.1) is 0 Å². The Morgan fingerprint density at radius 3 is 2.29 bits per heavy atom. The van der Waals surface area contributed by atoms with Crippen molar-refractivity contribution in [2.24, 2.45) is 5.73 Å². The summed E-state index contributed by atoms with van der Waals surface area (Å²) in [6.45, 7) is 8.18. The maximum Gasteiger partial charge on any atom is 0.494 e. The predicted octanol–water partition coefficient (Wildman–Crippen LogP) is 1.61. The molecule has 1 aliphatic heterocycles. The molecule has 1 aliphatic rings. The van der Waals surface area contributed by atoms with Crippen LogP contribution in [-0.4, -0.2) is 38.5 Å². The molecule has 0 saturated carbocycles. The maximum absolute atomic E-state index is 9.00. The van der Waals surface area contributed by atoms with Crippen molar-refractivity contribution >= 4 is 40.6 Å². The fraction of sp³-hybridized carbons (Fsp3) is 0.533. The Balaban J connectivity index is 0.000000648. The van der Waals surface area contributed by atoms with Crippen molar-refractivity contribution in [2.75, 3.05) is 6.26 Å². The van der Waals surface area contributed by atoms with Gasteiger partial charge in [0.05, 0.1) is 11.2 Å². The summed E-state index contributed by atoms with van der Waals surface area (Å²) in [5, 5.41) is 7.39. The number of rotatable bonds is 3. The third kappa shape index (κ3) is 6.21. The summed E-state index contributed by atoms with van der Waals surface area (Å²) in [6.07, 6.45) is 1.08. The van der Waals surface area contributed by atoms with E-state index in [2.05, 4.69) is 6.07 Å². The molecule has 1 heterocycles. The van der Waals surface area contributed by atoms with E-state index in [-0.39, 0.29) is 23.5 Å². The minimum Gasteiger partial charge on any atom is -0.773 e. The van der Waals surface area contributed by atoms with E-state index >= 15 is 0 Å². The third-order valence-electron chi connectivity index (χ3n) is 3.87. The minimum absolute atomic E-state index is 0.131. The number of hydrogen-bond donors (Lipinski definition) is 2. The Morgan fingerprint density at radius 1 is 1.33 bits per heavy atom. The molecule has 24 heavy (non-hydrogen) atoms. The molecule has 0 bridgehead atoms. The van der Waals surface area contributed by atoms with Gasteiger partial charge in [-0.2, -0.15) is 0 Å². The first kappa shape index (κ1) is 21.2. The van der Waals surface area contributed by atoms with Crippen LogP contribution in [0.25, 0.3) is 0 Å². The zero-order chi connectivity index (χ0) is 18.5. The molecule has 0 radical (unpaired) electrons. The lowest BCUT2D eigenvalue weighted by atomic mass is 9.78. The van der Waals surface area contributed by atoms with Crippen molar-refractivity contribution in [1.82, 2.24) is 0 Å². The Bertz CT molecular complexity index is 591. The average Bonchev–Trinajstić information content (AvgIpc) is 2.65. The van der Waals surface area contributed by atoms with Gasteiger partial charge < -0.3 is 19.6 Å². The summed E-state index contributed by atoms with van der Waals surface area (Å²) in [5.41, 5.74) is 6.82. The van der Waals surface area contributed by atoms with Gasteiger partial charge in [-0.25, -0.2) is 0 Å². The SMILES string of the molecule is CC1(C)OB(c2cccc(CSC(=N)N)c2)OC1(C)C.CS(=O)[O-]. The van der Waals surface area contributed by atoms with Gasteiger partial charge in [0, 0.05) is 5.75 Å². The highest BCUT2D eigenvalue weighted by Crippen LogP contribution is 2.36. The highest BCUT2D eigenvalue weighted by atomic mass is 32.2. The van der Waals surface area contributed by atoms with Gasteiger partial charge in [0.2, 0.25) is 0 Å². The largest absolute Gasteiger partial charge is 0.773 e. The van der Waals surface area contributed by atoms with Crippen LogP contribution in [0.3, 0.4) is 0 Å². The van der Waals surface area contributed by atoms with E-state index in [1.807, 2.05) is 45.9 Å². The molecular weight excluding hydrogens is 347 g/mol. The second-order valence-corrected chi connectivity index (χ2v) is 8.21. The lowest BCUT2D eigenvalue weighted by Gasteiger charge is -2.32. The molecule has 1 fully saturated rings. The molecule has 1 atom stereocenters. The molecule has 134 valence electrons. The molecule has 1 saturated heterocycles. The van der Waals surface area contributed by atoms with Gasteiger partial charge in [0.25, 0.3) is 0 Å². The molecule has 1 unspecified atom stereocenters. The van der Waals surface area contributed by atoms with Crippen LogP contribution in [0, 0.1) is 5.41 Å². The number of hydrogen-bond acceptors (Lipinski definition) is 6. The van der Waals surface area contributed by atoms with Crippen molar-refractivity contribution in [3.8, 4) is 0 Å². The zero-order valence-electron chi connectivity index (χ0n) is 14.6. The van der Waals surface area contributed by atoms with Gasteiger partial charge in [-0.05, 0) is 45.0 Å². The van der Waals surface area contributed by atoms with Crippen LogP contribution in [0.15, 0.2) is 24.3 Å². The van der Waals surface area contributed by atoms with Gasteiger partial charge >= 0.3 is 7.12 Å². The van der Waals surface area contributed by atoms with Crippen LogP contribution in [-0.2, 0) is 26.1 Å². The monoisotopic (exact) mass is 371 g/mol. The minimum atomic E-state index is -1.86. The van der Waals surface area contributed by atoms with Crippen LogP contribution >= 0.6 is 11.8 Å². The van der Waals surface area contributed by atoms with Gasteiger partial charge in [0.1, 0.15) is 0 Å². The average molecular weight is 371 g/mol. The number of thioether (sulfide) groups is 1. The highest BCUT2D eigenvalue weighted by molar-refractivity contribution is 8.13. The first-order chi connectivity index (χ1) is 10.9. The summed E-state index contributed by atoms with van der Waals surface area (Å²) in [5.74, 6) is 0.683. The molecule has 0 aliphatic carbocycles. The molecule has 6 nitrogen and oxygen atoms in total. The number of nitrogens with one attached hydrogen (secondary N) is 1. The van der Waals surface area contributed by atoms with E-state index < -0.39 is 11.1 Å². The second kappa shape index (κ2) is 8.49. The molecule has 1 aromatic rings. The van der Waals surface area contributed by atoms with E-state index in [0.717, 1.165) is 17.3 Å². The van der Waals surface area contributed by atoms with E-state index in [0.29, 0.717) is 5.75 Å². The van der Waals surface area contributed by atoms with Crippen LogP contribution in [0.4, 0.5) is 0 Å². The van der Waals surface area contributed by atoms with Gasteiger partial charge in [-0.3, -0.25) is 9.62 Å². The van der Waals surface area contributed by atoms with Crippen LogP contribution < -0.4 is 11.2 Å². The van der Waals surface area contributed by atoms with Crippen molar-refractivity contribution in [3.05, 3.63) is 29.8 Å². The molecule has 0 aromatic heterocycles. The predicted molar refractivity (Wildman–Crippen MR) is 100 cm³/mol. The van der Waals surface area contributed by atoms with Crippen LogP contribution in [0.2, 0.25) is 0 Å². The third-order valence-corrected chi connectivity index (χ3v) is 4.66. The lowest BCUT2D eigenvalue weighted by Crippen LogP contribution is -2.41. The normalized spacial score (nSPS) is 19.3. The van der Waals surface area contributed by atoms with Crippen molar-refractivity contribution in [2.45, 2.75) is 44.6 Å². The molecule has 3 N–H and O–H groups in total. The molecular formula is C15H24BN2O4S2-. The zero-order valence-corrected chi connectivity index (χ0v) is 16.3. The van der Waals surface area contributed by atoms with Crippen molar-refractivity contribution in [3.63, 3.8) is 0 Å². The maximum atomic E-state index is 9.00. The molecule has 0 spiro atoms. The molecule has 2 rings (SSSR count). The number of benzene rings is 1.